The summed E-state index contributed by atoms with van der Waals surface area (Å²) in [5, 5.41) is 17.6. The van der Waals surface area contributed by atoms with E-state index in [-0.39, 0.29) is 5.56 Å². The van der Waals surface area contributed by atoms with Crippen LogP contribution in [-0.4, -0.2) is 16.2 Å². The monoisotopic (exact) mass is 249 g/mol. The second kappa shape index (κ2) is 4.62. The molecule has 1 rings (SSSR count). The normalized spacial score (nSPS) is 13.4. The van der Waals surface area contributed by atoms with E-state index >= 15 is 0 Å². The Kier molecular flexibility index (Phi) is 3.62. The van der Waals surface area contributed by atoms with Gasteiger partial charge in [-0.05, 0) is 23.8 Å². The van der Waals surface area contributed by atoms with E-state index < -0.39 is 35.9 Å². The minimum absolute atomic E-state index is 0.0697. The quantitative estimate of drug-likeness (QED) is 0.763. The molecule has 0 aliphatic heterocycles. The molecule has 94 valence electrons. The molecular formula is C10H10F3NO3. The summed E-state index contributed by atoms with van der Waals surface area (Å²) in [6.45, 7) is 0. The molecule has 1 aromatic rings. The summed E-state index contributed by atoms with van der Waals surface area (Å²) in [5.74, 6) is -1.83. The number of benzene rings is 1. The van der Waals surface area contributed by atoms with Crippen molar-refractivity contribution in [2.75, 3.05) is 0 Å². The van der Waals surface area contributed by atoms with Gasteiger partial charge in [-0.1, -0.05) is 0 Å². The molecule has 0 saturated carbocycles. The van der Waals surface area contributed by atoms with Gasteiger partial charge in [0.15, 0.2) is 0 Å². The van der Waals surface area contributed by atoms with Crippen LogP contribution in [0.4, 0.5) is 13.2 Å². The van der Waals surface area contributed by atoms with Gasteiger partial charge in [-0.3, -0.25) is 4.79 Å². The third kappa shape index (κ3) is 3.63. The Bertz CT molecular complexity index is 431. The lowest BCUT2D eigenvalue weighted by atomic mass is 10.0. The van der Waals surface area contributed by atoms with Crippen LogP contribution in [0, 0.1) is 0 Å². The predicted octanol–water partition coefficient (Wildman–Crippen LogP) is 1.89. The van der Waals surface area contributed by atoms with Crippen molar-refractivity contribution in [1.29, 1.82) is 0 Å². The van der Waals surface area contributed by atoms with Crippen LogP contribution in [0.15, 0.2) is 18.2 Å². The number of hydrogen-bond donors (Lipinski definition) is 3. The maximum atomic E-state index is 12.4. The predicted molar refractivity (Wildman–Crippen MR) is 52.3 cm³/mol. The van der Waals surface area contributed by atoms with Crippen LogP contribution in [-0.2, 0) is 11.0 Å². The number of phenolic OH excluding ortho intramolecular Hbond substituents is 1. The van der Waals surface area contributed by atoms with E-state index in [0.29, 0.717) is 6.07 Å². The van der Waals surface area contributed by atoms with Crippen molar-refractivity contribution in [2.24, 2.45) is 5.73 Å². The third-order valence-corrected chi connectivity index (χ3v) is 2.09. The molecule has 4 nitrogen and oxygen atoms in total. The number of carboxylic acid groups (broad SMARTS) is 1. The molecule has 0 saturated heterocycles. The smallest absolute Gasteiger partial charge is 0.416 e. The van der Waals surface area contributed by atoms with Crippen molar-refractivity contribution in [1.82, 2.24) is 0 Å². The number of carbonyl (C=O) groups is 1. The fourth-order valence-corrected chi connectivity index (χ4v) is 1.32. The molecular weight excluding hydrogens is 239 g/mol. The van der Waals surface area contributed by atoms with Crippen LogP contribution in [0.1, 0.15) is 23.6 Å². The molecule has 0 fully saturated rings. The highest BCUT2D eigenvalue weighted by atomic mass is 19.4. The first-order valence-corrected chi connectivity index (χ1v) is 4.58. The zero-order chi connectivity index (χ0) is 13.2. The Morgan fingerprint density at radius 1 is 1.35 bits per heavy atom. The standard InChI is InChI=1S/C10H10F3NO3/c11-10(12,13)6-1-5(2-7(15)3-6)8(14)4-9(16)17/h1-3,8,15H,4,14H2,(H,16,17)/t8-/m1/s1. The van der Waals surface area contributed by atoms with Gasteiger partial charge in [0.2, 0.25) is 0 Å². The van der Waals surface area contributed by atoms with Crippen molar-refractivity contribution in [3.05, 3.63) is 29.3 Å². The Hall–Kier alpha value is -1.76. The van der Waals surface area contributed by atoms with E-state index in [0.717, 1.165) is 12.1 Å². The number of phenols is 1. The largest absolute Gasteiger partial charge is 0.508 e. The summed E-state index contributed by atoms with van der Waals surface area (Å²) in [5.41, 5.74) is 4.29. The Balaban J connectivity index is 3.09. The van der Waals surface area contributed by atoms with Crippen LogP contribution >= 0.6 is 0 Å². The first kappa shape index (κ1) is 13.3. The van der Waals surface area contributed by atoms with E-state index in [1.54, 1.807) is 0 Å². The van der Waals surface area contributed by atoms with Crippen LogP contribution in [0.25, 0.3) is 0 Å². The molecule has 0 unspecified atom stereocenters. The molecule has 4 N–H and O–H groups in total. The number of halogens is 3. The number of hydrogen-bond acceptors (Lipinski definition) is 3. The highest BCUT2D eigenvalue weighted by molar-refractivity contribution is 5.68. The lowest BCUT2D eigenvalue weighted by Crippen LogP contribution is -2.16. The van der Waals surface area contributed by atoms with Crippen LogP contribution in [0.3, 0.4) is 0 Å². The fourth-order valence-electron chi connectivity index (χ4n) is 1.32. The number of aromatic hydroxyl groups is 1. The molecule has 17 heavy (non-hydrogen) atoms. The topological polar surface area (TPSA) is 83.6 Å². The number of aliphatic carboxylic acids is 1. The third-order valence-electron chi connectivity index (χ3n) is 2.09. The fraction of sp³-hybridized carbons (Fsp3) is 0.300. The Morgan fingerprint density at radius 3 is 2.41 bits per heavy atom. The number of carboxylic acids is 1. The van der Waals surface area contributed by atoms with Gasteiger partial charge in [0.1, 0.15) is 5.75 Å². The summed E-state index contributed by atoms with van der Waals surface area (Å²) in [6, 6.07) is 1.20. The number of rotatable bonds is 3. The van der Waals surface area contributed by atoms with Crippen molar-refractivity contribution in [2.45, 2.75) is 18.6 Å². The molecule has 1 aromatic carbocycles. The number of alkyl halides is 3. The summed E-state index contributed by atoms with van der Waals surface area (Å²) in [4.78, 5) is 10.4. The molecule has 1 atom stereocenters. The molecule has 0 aromatic heterocycles. The van der Waals surface area contributed by atoms with E-state index in [4.69, 9.17) is 15.9 Å². The lowest BCUT2D eigenvalue weighted by molar-refractivity contribution is -0.138. The van der Waals surface area contributed by atoms with Crippen LogP contribution in [0.5, 0.6) is 5.75 Å². The maximum absolute atomic E-state index is 12.4. The minimum atomic E-state index is -4.61. The van der Waals surface area contributed by atoms with E-state index in [1.165, 1.54) is 0 Å². The highest BCUT2D eigenvalue weighted by Gasteiger charge is 2.31. The van der Waals surface area contributed by atoms with Gasteiger partial charge >= 0.3 is 12.1 Å². The number of nitrogens with two attached hydrogens (primary N) is 1. The van der Waals surface area contributed by atoms with Crippen molar-refractivity contribution >= 4 is 5.97 Å². The van der Waals surface area contributed by atoms with E-state index in [2.05, 4.69) is 0 Å². The molecule has 0 radical (unpaired) electrons. The first-order chi connectivity index (χ1) is 7.70. The van der Waals surface area contributed by atoms with E-state index in [1.807, 2.05) is 0 Å². The molecule has 0 aliphatic rings. The molecule has 0 spiro atoms. The summed E-state index contributed by atoms with van der Waals surface area (Å²) >= 11 is 0. The first-order valence-electron chi connectivity index (χ1n) is 4.58. The van der Waals surface area contributed by atoms with Crippen molar-refractivity contribution in [3.8, 4) is 5.75 Å². The second-order valence-electron chi connectivity index (χ2n) is 3.52. The van der Waals surface area contributed by atoms with Crippen molar-refractivity contribution < 1.29 is 28.2 Å². The zero-order valence-corrected chi connectivity index (χ0v) is 8.53. The molecule has 0 aliphatic carbocycles. The van der Waals surface area contributed by atoms with Crippen molar-refractivity contribution in [3.63, 3.8) is 0 Å². The second-order valence-corrected chi connectivity index (χ2v) is 3.52. The molecule has 0 heterocycles. The van der Waals surface area contributed by atoms with Gasteiger partial charge in [-0.15, -0.1) is 0 Å². The highest BCUT2D eigenvalue weighted by Crippen LogP contribution is 2.33. The average molecular weight is 249 g/mol. The van der Waals surface area contributed by atoms with Gasteiger partial charge in [0.25, 0.3) is 0 Å². The lowest BCUT2D eigenvalue weighted by Gasteiger charge is -2.13. The Morgan fingerprint density at radius 2 is 1.94 bits per heavy atom. The van der Waals surface area contributed by atoms with E-state index in [9.17, 15) is 18.0 Å². The zero-order valence-electron chi connectivity index (χ0n) is 8.53. The van der Waals surface area contributed by atoms with Gasteiger partial charge in [-0.2, -0.15) is 13.2 Å². The molecule has 0 amide bonds. The Labute approximate surface area is 94.5 Å². The van der Waals surface area contributed by atoms with Gasteiger partial charge in [0.05, 0.1) is 12.0 Å². The van der Waals surface area contributed by atoms with Gasteiger partial charge < -0.3 is 15.9 Å². The van der Waals surface area contributed by atoms with Gasteiger partial charge in [0, 0.05) is 6.04 Å². The van der Waals surface area contributed by atoms with Crippen LogP contribution in [0.2, 0.25) is 0 Å². The SMILES string of the molecule is N[C@H](CC(=O)O)c1cc(O)cc(C(F)(F)F)c1. The molecule has 0 bridgehead atoms. The maximum Gasteiger partial charge on any atom is 0.416 e. The van der Waals surface area contributed by atoms with Gasteiger partial charge in [-0.25, -0.2) is 0 Å². The molecule has 7 heteroatoms. The van der Waals surface area contributed by atoms with Crippen LogP contribution < -0.4 is 5.73 Å². The summed E-state index contributed by atoms with van der Waals surface area (Å²) in [6.07, 6.45) is -5.13. The minimum Gasteiger partial charge on any atom is -0.508 e. The average Bonchev–Trinajstić information content (AvgIpc) is 2.14. The summed E-state index contributed by atoms with van der Waals surface area (Å²) in [7, 11) is 0. The summed E-state index contributed by atoms with van der Waals surface area (Å²) < 4.78 is 37.2.